The molecule has 0 aromatic heterocycles. The van der Waals surface area contributed by atoms with Crippen molar-refractivity contribution < 1.29 is 14.7 Å². The molecular formula is C15H19NO3. The average molecular weight is 261 g/mol. The highest BCUT2D eigenvalue weighted by Gasteiger charge is 2.12. The van der Waals surface area contributed by atoms with Crippen molar-refractivity contribution in [2.24, 2.45) is 0 Å². The third-order valence-corrected chi connectivity index (χ3v) is 2.81. The minimum absolute atomic E-state index is 0.0133. The van der Waals surface area contributed by atoms with Crippen molar-refractivity contribution in [1.29, 1.82) is 0 Å². The molecule has 102 valence electrons. The topological polar surface area (TPSA) is 66.4 Å². The van der Waals surface area contributed by atoms with Gasteiger partial charge in [-0.3, -0.25) is 9.59 Å². The minimum atomic E-state index is -0.845. The summed E-state index contributed by atoms with van der Waals surface area (Å²) in [6.45, 7) is 4.15. The third-order valence-electron chi connectivity index (χ3n) is 2.81. The Kier molecular flexibility index (Phi) is 6.36. The van der Waals surface area contributed by atoms with E-state index in [2.05, 4.69) is 11.9 Å². The van der Waals surface area contributed by atoms with E-state index in [9.17, 15) is 9.59 Å². The summed E-state index contributed by atoms with van der Waals surface area (Å²) in [5, 5.41) is 11.2. The molecule has 1 amide bonds. The predicted molar refractivity (Wildman–Crippen MR) is 73.9 cm³/mol. The van der Waals surface area contributed by atoms with Crippen LogP contribution in [0.25, 0.3) is 0 Å². The second-order valence-electron chi connectivity index (χ2n) is 4.30. The molecule has 0 saturated heterocycles. The first-order valence-corrected chi connectivity index (χ1v) is 6.29. The van der Waals surface area contributed by atoms with E-state index in [-0.39, 0.29) is 18.2 Å². The van der Waals surface area contributed by atoms with Crippen LogP contribution in [0.4, 0.5) is 0 Å². The Bertz CT molecular complexity index is 428. The van der Waals surface area contributed by atoms with E-state index in [1.807, 2.05) is 30.3 Å². The van der Waals surface area contributed by atoms with Gasteiger partial charge in [0.1, 0.15) is 0 Å². The number of allylic oxidation sites excluding steroid dienone is 1. The first kappa shape index (κ1) is 15.0. The van der Waals surface area contributed by atoms with E-state index in [0.29, 0.717) is 19.4 Å². The van der Waals surface area contributed by atoms with Gasteiger partial charge in [0.05, 0.1) is 0 Å². The Labute approximate surface area is 113 Å². The number of rotatable bonds is 8. The predicted octanol–water partition coefficient (Wildman–Crippen LogP) is 2.33. The number of benzene rings is 1. The number of nitrogens with one attached hydrogen (secondary N) is 1. The van der Waals surface area contributed by atoms with Crippen LogP contribution in [0.1, 0.15) is 30.7 Å². The molecule has 1 aromatic carbocycles. The number of amides is 1. The van der Waals surface area contributed by atoms with Crippen molar-refractivity contribution >= 4 is 11.9 Å². The average Bonchev–Trinajstić information content (AvgIpc) is 2.41. The highest BCUT2D eigenvalue weighted by Crippen LogP contribution is 2.20. The van der Waals surface area contributed by atoms with Crippen molar-refractivity contribution in [2.45, 2.75) is 25.2 Å². The van der Waals surface area contributed by atoms with E-state index >= 15 is 0 Å². The van der Waals surface area contributed by atoms with Gasteiger partial charge in [-0.25, -0.2) is 0 Å². The van der Waals surface area contributed by atoms with Crippen molar-refractivity contribution in [3.8, 4) is 0 Å². The summed E-state index contributed by atoms with van der Waals surface area (Å²) in [5.74, 6) is -0.942. The van der Waals surface area contributed by atoms with Crippen LogP contribution in [0.3, 0.4) is 0 Å². The SMILES string of the molecule is C=CC(CC(=O)NCCCC(=O)O)c1ccccc1. The number of aliphatic carboxylic acids is 1. The smallest absolute Gasteiger partial charge is 0.303 e. The zero-order valence-electron chi connectivity index (χ0n) is 10.8. The number of carbonyl (C=O) groups excluding carboxylic acids is 1. The molecule has 1 unspecified atom stereocenters. The summed E-state index contributed by atoms with van der Waals surface area (Å²) in [5.41, 5.74) is 1.05. The maximum Gasteiger partial charge on any atom is 0.303 e. The van der Waals surface area contributed by atoms with Crippen LogP contribution in [-0.4, -0.2) is 23.5 Å². The highest BCUT2D eigenvalue weighted by molar-refractivity contribution is 5.77. The third kappa shape index (κ3) is 5.86. The molecule has 0 saturated carbocycles. The number of carboxylic acid groups (broad SMARTS) is 1. The number of hydrogen-bond acceptors (Lipinski definition) is 2. The molecule has 4 heteroatoms. The van der Waals surface area contributed by atoms with Crippen LogP contribution >= 0.6 is 0 Å². The fourth-order valence-electron chi connectivity index (χ4n) is 1.78. The Balaban J connectivity index is 2.38. The molecule has 0 aliphatic rings. The van der Waals surface area contributed by atoms with Crippen molar-refractivity contribution in [1.82, 2.24) is 5.32 Å². The monoisotopic (exact) mass is 261 g/mol. The zero-order valence-corrected chi connectivity index (χ0v) is 10.8. The summed E-state index contributed by atoms with van der Waals surface area (Å²) < 4.78 is 0. The number of carboxylic acids is 1. The summed E-state index contributed by atoms with van der Waals surface area (Å²) in [7, 11) is 0. The summed E-state index contributed by atoms with van der Waals surface area (Å²) in [6.07, 6.45) is 2.61. The Morgan fingerprint density at radius 1 is 1.32 bits per heavy atom. The van der Waals surface area contributed by atoms with Gasteiger partial charge in [0, 0.05) is 25.3 Å². The fraction of sp³-hybridized carbons (Fsp3) is 0.333. The molecule has 1 rings (SSSR count). The molecule has 0 fully saturated rings. The molecule has 1 atom stereocenters. The Hall–Kier alpha value is -2.10. The molecule has 0 spiro atoms. The van der Waals surface area contributed by atoms with Crippen molar-refractivity contribution in [3.05, 3.63) is 48.6 Å². The van der Waals surface area contributed by atoms with Gasteiger partial charge in [-0.2, -0.15) is 0 Å². The largest absolute Gasteiger partial charge is 0.481 e. The van der Waals surface area contributed by atoms with Gasteiger partial charge >= 0.3 is 5.97 Å². The van der Waals surface area contributed by atoms with Gasteiger partial charge in [0.15, 0.2) is 0 Å². The summed E-state index contributed by atoms with van der Waals surface area (Å²) in [4.78, 5) is 22.1. The second-order valence-corrected chi connectivity index (χ2v) is 4.30. The van der Waals surface area contributed by atoms with Crippen LogP contribution in [0, 0.1) is 0 Å². The maximum absolute atomic E-state index is 11.7. The first-order chi connectivity index (χ1) is 9.13. The van der Waals surface area contributed by atoms with Crippen molar-refractivity contribution in [2.75, 3.05) is 6.54 Å². The molecule has 1 aromatic rings. The lowest BCUT2D eigenvalue weighted by molar-refractivity contribution is -0.137. The molecule has 4 nitrogen and oxygen atoms in total. The molecule has 2 N–H and O–H groups in total. The lowest BCUT2D eigenvalue weighted by Crippen LogP contribution is -2.26. The molecule has 0 radical (unpaired) electrons. The van der Waals surface area contributed by atoms with Crippen LogP contribution in [0.15, 0.2) is 43.0 Å². The second kappa shape index (κ2) is 8.08. The first-order valence-electron chi connectivity index (χ1n) is 6.29. The van der Waals surface area contributed by atoms with Crippen LogP contribution in [-0.2, 0) is 9.59 Å². The van der Waals surface area contributed by atoms with Gasteiger partial charge < -0.3 is 10.4 Å². The van der Waals surface area contributed by atoms with Gasteiger partial charge in [-0.05, 0) is 12.0 Å². The van der Waals surface area contributed by atoms with Crippen LogP contribution in [0.2, 0.25) is 0 Å². The zero-order chi connectivity index (χ0) is 14.1. The quantitative estimate of drug-likeness (QED) is 0.557. The van der Waals surface area contributed by atoms with Gasteiger partial charge in [0.25, 0.3) is 0 Å². The summed E-state index contributed by atoms with van der Waals surface area (Å²) in [6, 6.07) is 9.71. The normalized spacial score (nSPS) is 11.6. The van der Waals surface area contributed by atoms with E-state index in [1.165, 1.54) is 0 Å². The molecule has 0 aliphatic carbocycles. The molecule has 0 heterocycles. The van der Waals surface area contributed by atoms with E-state index < -0.39 is 5.97 Å². The number of hydrogen-bond donors (Lipinski definition) is 2. The highest BCUT2D eigenvalue weighted by atomic mass is 16.4. The van der Waals surface area contributed by atoms with E-state index in [1.54, 1.807) is 6.08 Å². The minimum Gasteiger partial charge on any atom is -0.481 e. The fourth-order valence-corrected chi connectivity index (χ4v) is 1.78. The van der Waals surface area contributed by atoms with Crippen LogP contribution < -0.4 is 5.32 Å². The van der Waals surface area contributed by atoms with Crippen LogP contribution in [0.5, 0.6) is 0 Å². The number of carbonyl (C=O) groups is 2. The van der Waals surface area contributed by atoms with Crippen molar-refractivity contribution in [3.63, 3.8) is 0 Å². The summed E-state index contributed by atoms with van der Waals surface area (Å²) >= 11 is 0. The maximum atomic E-state index is 11.7. The van der Waals surface area contributed by atoms with Gasteiger partial charge in [-0.15, -0.1) is 6.58 Å². The van der Waals surface area contributed by atoms with E-state index in [0.717, 1.165) is 5.56 Å². The standard InChI is InChI=1S/C15H19NO3/c1-2-12(13-7-4-3-5-8-13)11-14(17)16-10-6-9-15(18)19/h2-5,7-8,12H,1,6,9-11H2,(H,16,17)(H,18,19). The lowest BCUT2D eigenvalue weighted by atomic mass is 9.95. The Morgan fingerprint density at radius 3 is 2.58 bits per heavy atom. The van der Waals surface area contributed by atoms with Gasteiger partial charge in [0.2, 0.25) is 5.91 Å². The molecule has 0 bridgehead atoms. The molecular weight excluding hydrogens is 242 g/mol. The Morgan fingerprint density at radius 2 is 2.00 bits per heavy atom. The van der Waals surface area contributed by atoms with E-state index in [4.69, 9.17) is 5.11 Å². The lowest BCUT2D eigenvalue weighted by Gasteiger charge is -2.12. The molecule has 19 heavy (non-hydrogen) atoms. The molecule has 0 aliphatic heterocycles. The van der Waals surface area contributed by atoms with Gasteiger partial charge in [-0.1, -0.05) is 36.4 Å².